The van der Waals surface area contributed by atoms with Crippen molar-refractivity contribution in [1.29, 1.82) is 0 Å². The van der Waals surface area contributed by atoms with E-state index in [0.717, 1.165) is 0 Å². The summed E-state index contributed by atoms with van der Waals surface area (Å²) in [5.74, 6) is -0.394. The zero-order valence-electron chi connectivity index (χ0n) is 16.3. The molecule has 0 aliphatic carbocycles. The van der Waals surface area contributed by atoms with Crippen LogP contribution in [0.3, 0.4) is 0 Å². The van der Waals surface area contributed by atoms with Crippen molar-refractivity contribution < 1.29 is 19.1 Å². The summed E-state index contributed by atoms with van der Waals surface area (Å²) in [4.78, 5) is 25.8. The fourth-order valence-corrected chi connectivity index (χ4v) is 3.46. The van der Waals surface area contributed by atoms with Crippen molar-refractivity contribution in [2.75, 3.05) is 24.8 Å². The highest BCUT2D eigenvalue weighted by molar-refractivity contribution is 7.10. The van der Waals surface area contributed by atoms with Crippen LogP contribution in [-0.4, -0.2) is 30.4 Å². The summed E-state index contributed by atoms with van der Waals surface area (Å²) in [6.07, 6.45) is -1.12. The number of aryl methyl sites for hydroxylation is 1. The Labute approximate surface area is 172 Å². The molecule has 0 fully saturated rings. The molecule has 1 aromatic heterocycles. The molecule has 0 radical (unpaired) electrons. The molecule has 1 heterocycles. The van der Waals surface area contributed by atoms with Gasteiger partial charge in [-0.15, -0.1) is 0 Å². The maximum absolute atomic E-state index is 13.0. The molecule has 7 nitrogen and oxygen atoms in total. The highest BCUT2D eigenvalue weighted by atomic mass is 32.1. The van der Waals surface area contributed by atoms with Crippen molar-refractivity contribution >= 4 is 34.1 Å². The molecule has 2 aromatic carbocycles. The molecule has 1 atom stereocenters. The van der Waals surface area contributed by atoms with E-state index in [1.54, 1.807) is 69.6 Å². The van der Waals surface area contributed by atoms with Crippen LogP contribution in [0.2, 0.25) is 0 Å². The first-order chi connectivity index (χ1) is 14.0. The summed E-state index contributed by atoms with van der Waals surface area (Å²) in [6, 6.07) is 15.8. The van der Waals surface area contributed by atoms with Crippen molar-refractivity contribution in [2.24, 2.45) is 0 Å². The number of hydrogen-bond acceptors (Lipinski definition) is 7. The van der Waals surface area contributed by atoms with Crippen LogP contribution in [-0.2, 0) is 9.53 Å². The average Bonchev–Trinajstić information content (AvgIpc) is 3.13. The summed E-state index contributed by atoms with van der Waals surface area (Å²) >= 11 is 1.17. The van der Waals surface area contributed by atoms with E-state index in [2.05, 4.69) is 15.0 Å². The van der Waals surface area contributed by atoms with Crippen LogP contribution >= 0.6 is 11.5 Å². The van der Waals surface area contributed by atoms with Crippen LogP contribution in [0.1, 0.15) is 27.7 Å². The Balaban J connectivity index is 1.85. The molecular formula is C21H21N3O4S. The second kappa shape index (κ2) is 9.20. The molecular weight excluding hydrogens is 390 g/mol. The van der Waals surface area contributed by atoms with Crippen LogP contribution in [0.5, 0.6) is 5.75 Å². The van der Waals surface area contributed by atoms with Gasteiger partial charge in [-0.25, -0.2) is 4.79 Å². The van der Waals surface area contributed by atoms with Crippen molar-refractivity contribution in [2.45, 2.75) is 13.0 Å². The lowest BCUT2D eigenvalue weighted by atomic mass is 10.1. The number of amides is 1. The number of methoxy groups -OCH3 is 1. The van der Waals surface area contributed by atoms with E-state index < -0.39 is 18.0 Å². The van der Waals surface area contributed by atoms with Crippen LogP contribution in [0.25, 0.3) is 0 Å². The van der Waals surface area contributed by atoms with Gasteiger partial charge in [0, 0.05) is 18.3 Å². The van der Waals surface area contributed by atoms with Gasteiger partial charge < -0.3 is 20.1 Å². The van der Waals surface area contributed by atoms with Gasteiger partial charge in [-0.05, 0) is 42.7 Å². The smallest absolute Gasteiger partial charge is 0.344 e. The molecule has 0 spiro atoms. The first kappa shape index (κ1) is 20.3. The number of esters is 1. The molecule has 0 bridgehead atoms. The minimum atomic E-state index is -1.12. The lowest BCUT2D eigenvalue weighted by Crippen LogP contribution is -2.26. The Hall–Kier alpha value is -3.39. The topological polar surface area (TPSA) is 89.5 Å². The Kier molecular flexibility index (Phi) is 6.46. The fourth-order valence-electron chi connectivity index (χ4n) is 2.73. The maximum Gasteiger partial charge on any atom is 0.344 e. The average molecular weight is 411 g/mol. The van der Waals surface area contributed by atoms with Gasteiger partial charge in [0.2, 0.25) is 6.10 Å². The molecule has 0 saturated heterocycles. The molecule has 3 rings (SSSR count). The Bertz CT molecular complexity index is 987. The van der Waals surface area contributed by atoms with Gasteiger partial charge in [0.25, 0.3) is 5.91 Å². The quantitative estimate of drug-likeness (QED) is 0.571. The van der Waals surface area contributed by atoms with E-state index in [0.29, 0.717) is 33.3 Å². The van der Waals surface area contributed by atoms with E-state index in [-0.39, 0.29) is 0 Å². The Morgan fingerprint density at radius 1 is 1.07 bits per heavy atom. The molecule has 2 N–H and O–H groups in total. The van der Waals surface area contributed by atoms with Gasteiger partial charge in [-0.1, -0.05) is 30.3 Å². The van der Waals surface area contributed by atoms with E-state index in [1.165, 1.54) is 11.5 Å². The number of nitrogens with zero attached hydrogens (tertiary/aromatic N) is 1. The van der Waals surface area contributed by atoms with E-state index in [1.807, 2.05) is 6.07 Å². The predicted molar refractivity (Wildman–Crippen MR) is 113 cm³/mol. The summed E-state index contributed by atoms with van der Waals surface area (Å²) in [5.41, 5.74) is 2.01. The summed E-state index contributed by atoms with van der Waals surface area (Å²) in [6.45, 7) is 1.73. The highest BCUT2D eigenvalue weighted by Gasteiger charge is 2.28. The summed E-state index contributed by atoms with van der Waals surface area (Å²) in [5, 5.41) is 6.31. The maximum atomic E-state index is 13.0. The molecule has 1 amide bonds. The first-order valence-corrected chi connectivity index (χ1v) is 9.65. The third-order valence-electron chi connectivity index (χ3n) is 4.22. The number of hydrogen-bond donors (Lipinski definition) is 2. The Morgan fingerprint density at radius 2 is 1.76 bits per heavy atom. The SMILES string of the molecule is CNc1snc(C)c1C(=O)OC(C(=O)Nc1ccc(OC)cc1)c1ccccc1. The molecule has 8 heteroatoms. The van der Waals surface area contributed by atoms with Crippen LogP contribution < -0.4 is 15.4 Å². The van der Waals surface area contributed by atoms with Gasteiger partial charge in [0.05, 0.1) is 12.8 Å². The zero-order chi connectivity index (χ0) is 20.8. The first-order valence-electron chi connectivity index (χ1n) is 8.88. The Morgan fingerprint density at radius 3 is 2.38 bits per heavy atom. The van der Waals surface area contributed by atoms with Crippen molar-refractivity contribution in [3.63, 3.8) is 0 Å². The lowest BCUT2D eigenvalue weighted by molar-refractivity contribution is -0.125. The second-order valence-corrected chi connectivity index (χ2v) is 6.91. The molecule has 1 unspecified atom stereocenters. The second-order valence-electron chi connectivity index (χ2n) is 6.14. The van der Waals surface area contributed by atoms with E-state index >= 15 is 0 Å². The monoisotopic (exact) mass is 411 g/mol. The largest absolute Gasteiger partial charge is 0.497 e. The van der Waals surface area contributed by atoms with Crippen LogP contribution in [0.4, 0.5) is 10.7 Å². The molecule has 0 aliphatic heterocycles. The number of ether oxygens (including phenoxy) is 2. The number of nitrogens with one attached hydrogen (secondary N) is 2. The molecule has 29 heavy (non-hydrogen) atoms. The van der Waals surface area contributed by atoms with Crippen LogP contribution in [0, 0.1) is 6.92 Å². The third-order valence-corrected chi connectivity index (χ3v) is 5.17. The van der Waals surface area contributed by atoms with Crippen LogP contribution in [0.15, 0.2) is 54.6 Å². The number of carbonyl (C=O) groups is 2. The standard InChI is InChI=1S/C21H21N3O4S/c1-13-17(20(22-2)29-24-13)21(26)28-18(14-7-5-4-6-8-14)19(25)23-15-9-11-16(27-3)12-10-15/h4-12,18,22H,1-3H3,(H,23,25). The van der Waals surface area contributed by atoms with E-state index in [4.69, 9.17) is 9.47 Å². The minimum absolute atomic E-state index is 0.329. The molecule has 150 valence electrons. The number of rotatable bonds is 7. The number of anilines is 2. The molecule has 0 saturated carbocycles. The van der Waals surface area contributed by atoms with Crippen molar-refractivity contribution in [3.05, 3.63) is 71.4 Å². The highest BCUT2D eigenvalue weighted by Crippen LogP contribution is 2.28. The van der Waals surface area contributed by atoms with Gasteiger partial charge in [0.1, 0.15) is 16.3 Å². The lowest BCUT2D eigenvalue weighted by Gasteiger charge is -2.18. The van der Waals surface area contributed by atoms with Crippen molar-refractivity contribution in [3.8, 4) is 5.75 Å². The number of carbonyl (C=O) groups excluding carboxylic acids is 2. The number of aromatic nitrogens is 1. The molecule has 3 aromatic rings. The van der Waals surface area contributed by atoms with E-state index in [9.17, 15) is 9.59 Å². The van der Waals surface area contributed by atoms with Gasteiger partial charge in [-0.2, -0.15) is 4.37 Å². The normalized spacial score (nSPS) is 11.4. The number of benzene rings is 2. The van der Waals surface area contributed by atoms with Gasteiger partial charge in [-0.3, -0.25) is 4.79 Å². The predicted octanol–water partition coefficient (Wildman–Crippen LogP) is 4.04. The van der Waals surface area contributed by atoms with Gasteiger partial charge in [0.15, 0.2) is 0 Å². The zero-order valence-corrected chi connectivity index (χ0v) is 17.1. The summed E-state index contributed by atoms with van der Waals surface area (Å²) in [7, 11) is 3.27. The summed E-state index contributed by atoms with van der Waals surface area (Å²) < 4.78 is 14.9. The minimum Gasteiger partial charge on any atom is -0.497 e. The van der Waals surface area contributed by atoms with Gasteiger partial charge >= 0.3 is 5.97 Å². The van der Waals surface area contributed by atoms with Crippen molar-refractivity contribution in [1.82, 2.24) is 4.37 Å². The molecule has 0 aliphatic rings. The third kappa shape index (κ3) is 4.72. The fraction of sp³-hybridized carbons (Fsp3) is 0.190.